The molecule has 0 spiro atoms. The van der Waals surface area contributed by atoms with E-state index in [1.807, 2.05) is 0 Å². The Labute approximate surface area is 181 Å². The summed E-state index contributed by atoms with van der Waals surface area (Å²) in [7, 11) is 0. The summed E-state index contributed by atoms with van der Waals surface area (Å²) in [6.45, 7) is 1.01. The molecule has 0 aromatic heterocycles. The lowest BCUT2D eigenvalue weighted by molar-refractivity contribution is -0.151. The molecule has 11 heteroatoms. The molecule has 3 unspecified atom stereocenters. The molecule has 0 aliphatic carbocycles. The van der Waals surface area contributed by atoms with Gasteiger partial charge in [-0.05, 0) is 11.1 Å². The number of carboxylic acid groups (broad SMARTS) is 1. The maximum atomic E-state index is 12.6. The van der Waals surface area contributed by atoms with Crippen LogP contribution < -0.4 is 11.1 Å². The number of carbonyl (C=O) groups is 4. The Morgan fingerprint density at radius 3 is 2.60 bits per heavy atom. The number of alkyl halides is 1. The highest BCUT2D eigenvalue weighted by molar-refractivity contribution is 8.00. The molecule has 0 saturated carbocycles. The number of ether oxygens (including phenoxy) is 1. The smallest absolute Gasteiger partial charge is 0.352 e. The Morgan fingerprint density at radius 1 is 1.37 bits per heavy atom. The molecule has 2 heterocycles. The average molecular weight is 454 g/mol. The number of esters is 1. The van der Waals surface area contributed by atoms with E-state index in [0.29, 0.717) is 17.0 Å². The quantitative estimate of drug-likeness (QED) is 0.312. The van der Waals surface area contributed by atoms with Gasteiger partial charge in [-0.1, -0.05) is 24.3 Å². The van der Waals surface area contributed by atoms with Gasteiger partial charge in [0.15, 0.2) is 0 Å². The minimum absolute atomic E-state index is 0.208. The predicted octanol–water partition coefficient (Wildman–Crippen LogP) is 0.727. The maximum absolute atomic E-state index is 12.6. The molecular weight excluding hydrogens is 434 g/mol. The second-order valence-corrected chi connectivity index (χ2v) is 8.16. The van der Waals surface area contributed by atoms with Crippen LogP contribution in [0.4, 0.5) is 0 Å². The van der Waals surface area contributed by atoms with Gasteiger partial charge in [-0.25, -0.2) is 4.79 Å². The van der Waals surface area contributed by atoms with Gasteiger partial charge in [0, 0.05) is 24.1 Å². The SMILES string of the molecule is CC(=O)OCC1=C(C(=O)O)N2C(=O)C(NC(=O)C(N)c3ccc(CCl)cc3)C2SC1. The number of thioether (sulfide) groups is 1. The highest BCUT2D eigenvalue weighted by Gasteiger charge is 2.54. The fourth-order valence-corrected chi connectivity index (χ4v) is 4.70. The minimum Gasteiger partial charge on any atom is -0.477 e. The van der Waals surface area contributed by atoms with Crippen molar-refractivity contribution in [1.82, 2.24) is 10.2 Å². The van der Waals surface area contributed by atoms with Crippen LogP contribution in [0.15, 0.2) is 35.5 Å². The van der Waals surface area contributed by atoms with E-state index >= 15 is 0 Å². The number of nitrogens with zero attached hydrogens (tertiary/aromatic N) is 1. The van der Waals surface area contributed by atoms with Crippen molar-refractivity contribution in [3.63, 3.8) is 0 Å². The summed E-state index contributed by atoms with van der Waals surface area (Å²) in [5.74, 6) is -2.35. The standard InChI is InChI=1S/C19H20ClN3O6S/c1-9(24)29-7-12-8-30-18-14(17(26)23(18)15(12)19(27)28)22-16(25)13(21)11-4-2-10(6-20)3-5-11/h2-5,13-14,18H,6-8,21H2,1H3,(H,22,25)(H,27,28). The summed E-state index contributed by atoms with van der Waals surface area (Å²) >= 11 is 7.03. The van der Waals surface area contributed by atoms with Crippen molar-refractivity contribution in [2.75, 3.05) is 12.4 Å². The van der Waals surface area contributed by atoms with Gasteiger partial charge in [0.2, 0.25) is 5.91 Å². The lowest BCUT2D eigenvalue weighted by atomic mass is 10.0. The molecule has 2 aliphatic heterocycles. The van der Waals surface area contributed by atoms with Crippen LogP contribution in [-0.2, 0) is 29.8 Å². The summed E-state index contributed by atoms with van der Waals surface area (Å²) in [6, 6.07) is 5.03. The van der Waals surface area contributed by atoms with Crippen molar-refractivity contribution in [1.29, 1.82) is 0 Å². The normalized spacial score (nSPS) is 21.4. The molecule has 2 aliphatic rings. The van der Waals surface area contributed by atoms with Crippen molar-refractivity contribution < 1.29 is 29.0 Å². The molecule has 9 nitrogen and oxygen atoms in total. The lowest BCUT2D eigenvalue weighted by Gasteiger charge is -2.49. The zero-order chi connectivity index (χ0) is 22.0. The average Bonchev–Trinajstić information content (AvgIpc) is 2.74. The van der Waals surface area contributed by atoms with Gasteiger partial charge in [-0.15, -0.1) is 23.4 Å². The fraction of sp³-hybridized carbons (Fsp3) is 0.368. The molecule has 1 aromatic rings. The topological polar surface area (TPSA) is 139 Å². The minimum atomic E-state index is -1.29. The van der Waals surface area contributed by atoms with E-state index in [-0.39, 0.29) is 18.1 Å². The van der Waals surface area contributed by atoms with E-state index in [4.69, 9.17) is 22.1 Å². The number of nitrogens with two attached hydrogens (primary N) is 1. The molecule has 0 bridgehead atoms. The number of nitrogens with one attached hydrogen (secondary N) is 1. The number of aliphatic carboxylic acids is 1. The molecule has 1 aromatic carbocycles. The van der Waals surface area contributed by atoms with Gasteiger partial charge in [-0.2, -0.15) is 0 Å². The number of benzene rings is 1. The summed E-state index contributed by atoms with van der Waals surface area (Å²) < 4.78 is 4.89. The Morgan fingerprint density at radius 2 is 2.03 bits per heavy atom. The number of hydrogen-bond acceptors (Lipinski definition) is 7. The Balaban J connectivity index is 1.70. The first-order chi connectivity index (χ1) is 14.2. The van der Waals surface area contributed by atoms with Crippen LogP contribution in [0.25, 0.3) is 0 Å². The number of carbonyl (C=O) groups excluding carboxylic acids is 3. The lowest BCUT2D eigenvalue weighted by Crippen LogP contribution is -2.71. The first-order valence-electron chi connectivity index (χ1n) is 8.98. The van der Waals surface area contributed by atoms with Gasteiger partial charge in [-0.3, -0.25) is 19.3 Å². The molecule has 1 saturated heterocycles. The van der Waals surface area contributed by atoms with Crippen molar-refractivity contribution in [3.05, 3.63) is 46.7 Å². The number of amides is 2. The van der Waals surface area contributed by atoms with E-state index in [1.165, 1.54) is 18.7 Å². The van der Waals surface area contributed by atoms with Crippen LogP contribution >= 0.6 is 23.4 Å². The summed E-state index contributed by atoms with van der Waals surface area (Å²) in [6.07, 6.45) is 0. The molecule has 30 heavy (non-hydrogen) atoms. The largest absolute Gasteiger partial charge is 0.477 e. The molecule has 3 atom stereocenters. The highest BCUT2D eigenvalue weighted by Crippen LogP contribution is 2.40. The zero-order valence-corrected chi connectivity index (χ0v) is 17.5. The summed E-state index contributed by atoms with van der Waals surface area (Å²) in [4.78, 5) is 49.0. The summed E-state index contributed by atoms with van der Waals surface area (Å²) in [5.41, 5.74) is 7.57. The molecule has 2 amide bonds. The molecule has 4 N–H and O–H groups in total. The third kappa shape index (κ3) is 4.30. The number of halogens is 1. The van der Waals surface area contributed by atoms with Crippen LogP contribution in [0, 0.1) is 0 Å². The monoisotopic (exact) mass is 453 g/mol. The third-order valence-electron chi connectivity index (χ3n) is 4.77. The third-order valence-corrected chi connectivity index (χ3v) is 6.42. The summed E-state index contributed by atoms with van der Waals surface area (Å²) in [5, 5.41) is 11.6. The Hall–Kier alpha value is -2.56. The van der Waals surface area contributed by atoms with Crippen LogP contribution in [0.1, 0.15) is 24.1 Å². The maximum Gasteiger partial charge on any atom is 0.352 e. The Bertz CT molecular complexity index is 919. The van der Waals surface area contributed by atoms with E-state index in [2.05, 4.69) is 5.32 Å². The van der Waals surface area contributed by atoms with E-state index in [1.54, 1.807) is 24.3 Å². The van der Waals surface area contributed by atoms with E-state index in [9.17, 15) is 24.3 Å². The van der Waals surface area contributed by atoms with Crippen molar-refractivity contribution in [3.8, 4) is 0 Å². The molecule has 3 rings (SSSR count). The van der Waals surface area contributed by atoms with Crippen LogP contribution in [0.3, 0.4) is 0 Å². The van der Waals surface area contributed by atoms with E-state index in [0.717, 1.165) is 10.5 Å². The zero-order valence-electron chi connectivity index (χ0n) is 16.0. The first kappa shape index (κ1) is 22.1. The van der Waals surface area contributed by atoms with Crippen molar-refractivity contribution in [2.45, 2.75) is 30.3 Å². The van der Waals surface area contributed by atoms with Gasteiger partial charge in [0.25, 0.3) is 5.91 Å². The van der Waals surface area contributed by atoms with Gasteiger partial charge in [0.1, 0.15) is 29.8 Å². The van der Waals surface area contributed by atoms with Crippen molar-refractivity contribution in [2.24, 2.45) is 5.73 Å². The molecule has 1 fully saturated rings. The molecule has 0 radical (unpaired) electrons. The molecular formula is C19H20ClN3O6S. The molecule has 160 valence electrons. The number of rotatable bonds is 7. The fourth-order valence-electron chi connectivity index (χ4n) is 3.19. The second-order valence-electron chi connectivity index (χ2n) is 6.79. The number of carboxylic acids is 1. The number of hydrogen-bond donors (Lipinski definition) is 3. The number of fused-ring (bicyclic) bond motifs is 1. The number of β-lactam (4-membered cyclic amide) rings is 1. The second kappa shape index (κ2) is 9.07. The first-order valence-corrected chi connectivity index (χ1v) is 10.6. The van der Waals surface area contributed by atoms with Crippen LogP contribution in [0.5, 0.6) is 0 Å². The van der Waals surface area contributed by atoms with Gasteiger partial charge in [0.05, 0.1) is 0 Å². The van der Waals surface area contributed by atoms with Crippen LogP contribution in [0.2, 0.25) is 0 Å². The Kier molecular flexibility index (Phi) is 6.69. The van der Waals surface area contributed by atoms with Crippen LogP contribution in [-0.4, -0.2) is 57.5 Å². The van der Waals surface area contributed by atoms with E-state index < -0.39 is 41.2 Å². The van der Waals surface area contributed by atoms with Gasteiger partial charge >= 0.3 is 11.9 Å². The predicted molar refractivity (Wildman–Crippen MR) is 109 cm³/mol. The highest BCUT2D eigenvalue weighted by atomic mass is 35.5. The van der Waals surface area contributed by atoms with Crippen molar-refractivity contribution >= 4 is 47.1 Å². The van der Waals surface area contributed by atoms with Gasteiger partial charge < -0.3 is 20.9 Å².